The van der Waals surface area contributed by atoms with Gasteiger partial charge in [0.1, 0.15) is 0 Å². The van der Waals surface area contributed by atoms with Gasteiger partial charge in [-0.2, -0.15) is 8.42 Å². The summed E-state index contributed by atoms with van der Waals surface area (Å²) in [7, 11) is -4.18. The molecule has 1 aromatic carbocycles. The summed E-state index contributed by atoms with van der Waals surface area (Å²) >= 11 is 0. The standard InChI is InChI=1S/C23H38O3S/c1-3-5-6-7-8-9-10-11-12-13-14-15-18-21-19-16-20-23(27(24,25)26)22(21)17-4-2/h4,16,19-20H,2-3,5-15,17-18H2,1H3,(H,24,25,26). The molecule has 0 spiro atoms. The van der Waals surface area contributed by atoms with Gasteiger partial charge in [-0.3, -0.25) is 4.55 Å². The lowest BCUT2D eigenvalue weighted by molar-refractivity contribution is 0.482. The van der Waals surface area contributed by atoms with Gasteiger partial charge in [-0.15, -0.1) is 6.58 Å². The molecule has 0 saturated heterocycles. The largest absolute Gasteiger partial charge is 0.294 e. The highest BCUT2D eigenvalue weighted by Gasteiger charge is 2.17. The molecule has 3 nitrogen and oxygen atoms in total. The van der Waals surface area contributed by atoms with Crippen molar-refractivity contribution < 1.29 is 13.0 Å². The fourth-order valence-electron chi connectivity index (χ4n) is 3.62. The average molecular weight is 395 g/mol. The van der Waals surface area contributed by atoms with Gasteiger partial charge < -0.3 is 0 Å². The van der Waals surface area contributed by atoms with E-state index in [9.17, 15) is 13.0 Å². The molecule has 0 radical (unpaired) electrons. The first-order valence-electron chi connectivity index (χ1n) is 10.7. The first kappa shape index (κ1) is 23.9. The van der Waals surface area contributed by atoms with Crippen molar-refractivity contribution in [1.29, 1.82) is 0 Å². The molecule has 0 fully saturated rings. The Morgan fingerprint density at radius 1 is 0.889 bits per heavy atom. The number of rotatable bonds is 16. The molecule has 0 aliphatic heterocycles. The molecule has 0 bridgehead atoms. The number of benzene rings is 1. The Morgan fingerprint density at radius 2 is 1.41 bits per heavy atom. The second-order valence-electron chi connectivity index (χ2n) is 7.50. The van der Waals surface area contributed by atoms with Gasteiger partial charge in [-0.1, -0.05) is 95.8 Å². The van der Waals surface area contributed by atoms with Gasteiger partial charge in [0.2, 0.25) is 0 Å². The lowest BCUT2D eigenvalue weighted by Crippen LogP contribution is -2.06. The predicted molar refractivity (Wildman–Crippen MR) is 115 cm³/mol. The third-order valence-electron chi connectivity index (χ3n) is 5.16. The molecule has 4 heteroatoms. The molecule has 1 N–H and O–H groups in total. The minimum absolute atomic E-state index is 0.0267. The summed E-state index contributed by atoms with van der Waals surface area (Å²) in [4.78, 5) is 0.0267. The zero-order chi connectivity index (χ0) is 20.0. The lowest BCUT2D eigenvalue weighted by Gasteiger charge is -2.12. The highest BCUT2D eigenvalue weighted by molar-refractivity contribution is 7.85. The maximum absolute atomic E-state index is 11.6. The van der Waals surface area contributed by atoms with E-state index in [1.54, 1.807) is 12.1 Å². The topological polar surface area (TPSA) is 54.4 Å². The van der Waals surface area contributed by atoms with Crippen molar-refractivity contribution in [3.8, 4) is 0 Å². The molecule has 0 atom stereocenters. The van der Waals surface area contributed by atoms with Crippen molar-refractivity contribution in [2.75, 3.05) is 0 Å². The van der Waals surface area contributed by atoms with E-state index in [4.69, 9.17) is 0 Å². The molecule has 1 rings (SSSR count). The Labute approximate surface area is 167 Å². The van der Waals surface area contributed by atoms with E-state index in [1.165, 1.54) is 76.7 Å². The van der Waals surface area contributed by atoms with E-state index >= 15 is 0 Å². The molecule has 0 heterocycles. The van der Waals surface area contributed by atoms with Crippen LogP contribution >= 0.6 is 0 Å². The summed E-state index contributed by atoms with van der Waals surface area (Å²) < 4.78 is 32.6. The zero-order valence-electron chi connectivity index (χ0n) is 17.1. The molecule has 0 aliphatic carbocycles. The average Bonchev–Trinajstić information content (AvgIpc) is 2.63. The van der Waals surface area contributed by atoms with Crippen molar-refractivity contribution in [1.82, 2.24) is 0 Å². The summed E-state index contributed by atoms with van der Waals surface area (Å²) in [6, 6.07) is 5.15. The fourth-order valence-corrected chi connectivity index (χ4v) is 4.40. The van der Waals surface area contributed by atoms with Crippen LogP contribution in [0.5, 0.6) is 0 Å². The molecule has 154 valence electrons. The van der Waals surface area contributed by atoms with Crippen LogP contribution in [0, 0.1) is 0 Å². The van der Waals surface area contributed by atoms with Crippen molar-refractivity contribution >= 4 is 10.1 Å². The maximum atomic E-state index is 11.6. The zero-order valence-corrected chi connectivity index (χ0v) is 17.9. The summed E-state index contributed by atoms with van der Waals surface area (Å²) in [6.07, 6.45) is 18.7. The van der Waals surface area contributed by atoms with E-state index in [0.717, 1.165) is 18.4 Å². The smallest absolute Gasteiger partial charge is 0.282 e. The Balaban J connectivity index is 2.26. The SMILES string of the molecule is C=CCc1c(CCCCCCCCCCCCCC)cccc1S(=O)(=O)O. The van der Waals surface area contributed by atoms with Gasteiger partial charge in [0.25, 0.3) is 10.1 Å². The summed E-state index contributed by atoms with van der Waals surface area (Å²) in [5.74, 6) is 0. The van der Waals surface area contributed by atoms with Gasteiger partial charge in [0, 0.05) is 0 Å². The van der Waals surface area contributed by atoms with E-state index in [0.29, 0.717) is 12.0 Å². The van der Waals surface area contributed by atoms with Crippen LogP contribution in [0.25, 0.3) is 0 Å². The van der Waals surface area contributed by atoms with Crippen LogP contribution in [0.1, 0.15) is 95.1 Å². The number of aryl methyl sites for hydroxylation is 1. The first-order chi connectivity index (χ1) is 13.0. The third kappa shape index (κ3) is 10.1. The summed E-state index contributed by atoms with van der Waals surface area (Å²) in [5, 5.41) is 0. The van der Waals surface area contributed by atoms with Crippen LogP contribution < -0.4 is 0 Å². The number of hydrogen-bond donors (Lipinski definition) is 1. The van der Waals surface area contributed by atoms with Crippen molar-refractivity contribution in [2.24, 2.45) is 0 Å². The maximum Gasteiger partial charge on any atom is 0.294 e. The minimum Gasteiger partial charge on any atom is -0.282 e. The number of allylic oxidation sites excluding steroid dienone is 1. The number of hydrogen-bond acceptors (Lipinski definition) is 2. The minimum atomic E-state index is -4.18. The molecule has 1 aromatic rings. The van der Waals surface area contributed by atoms with Gasteiger partial charge in [0.05, 0.1) is 4.90 Å². The van der Waals surface area contributed by atoms with Gasteiger partial charge in [-0.25, -0.2) is 0 Å². The summed E-state index contributed by atoms with van der Waals surface area (Å²) in [5.41, 5.74) is 1.70. The Kier molecular flexibility index (Phi) is 12.4. The monoisotopic (exact) mass is 394 g/mol. The van der Waals surface area contributed by atoms with Crippen LogP contribution in [-0.2, 0) is 23.0 Å². The predicted octanol–water partition coefficient (Wildman–Crippen LogP) is 6.91. The quantitative estimate of drug-likeness (QED) is 0.188. The Bertz CT molecular complexity index is 635. The first-order valence-corrected chi connectivity index (χ1v) is 12.1. The molecule has 0 unspecified atom stereocenters. The second kappa shape index (κ2) is 14.0. The molecule has 0 amide bonds. The van der Waals surface area contributed by atoms with Gasteiger partial charge >= 0.3 is 0 Å². The van der Waals surface area contributed by atoms with E-state index in [1.807, 2.05) is 6.07 Å². The van der Waals surface area contributed by atoms with Gasteiger partial charge in [-0.05, 0) is 36.5 Å². The number of unbranched alkanes of at least 4 members (excludes halogenated alkanes) is 11. The van der Waals surface area contributed by atoms with E-state index < -0.39 is 10.1 Å². The molecular formula is C23H38O3S. The highest BCUT2D eigenvalue weighted by atomic mass is 32.2. The summed E-state index contributed by atoms with van der Waals surface area (Å²) in [6.45, 7) is 5.97. The van der Waals surface area contributed by atoms with Crippen LogP contribution in [0.3, 0.4) is 0 Å². The van der Waals surface area contributed by atoms with Crippen LogP contribution in [-0.4, -0.2) is 13.0 Å². The van der Waals surface area contributed by atoms with Crippen molar-refractivity contribution in [2.45, 2.75) is 102 Å². The molecule has 0 aromatic heterocycles. The molecule has 0 saturated carbocycles. The van der Waals surface area contributed by atoms with Crippen LogP contribution in [0.2, 0.25) is 0 Å². The van der Waals surface area contributed by atoms with Crippen molar-refractivity contribution in [3.05, 3.63) is 42.0 Å². The molecular weight excluding hydrogens is 356 g/mol. The van der Waals surface area contributed by atoms with E-state index in [2.05, 4.69) is 13.5 Å². The normalized spacial score (nSPS) is 11.6. The van der Waals surface area contributed by atoms with Crippen LogP contribution in [0.15, 0.2) is 35.7 Å². The van der Waals surface area contributed by atoms with Crippen molar-refractivity contribution in [3.63, 3.8) is 0 Å². The molecule has 27 heavy (non-hydrogen) atoms. The second-order valence-corrected chi connectivity index (χ2v) is 8.89. The highest BCUT2D eigenvalue weighted by Crippen LogP contribution is 2.23. The lowest BCUT2D eigenvalue weighted by atomic mass is 9.98. The van der Waals surface area contributed by atoms with Crippen LogP contribution in [0.4, 0.5) is 0 Å². The fraction of sp³-hybridized carbons (Fsp3) is 0.652. The molecule has 0 aliphatic rings. The van der Waals surface area contributed by atoms with Gasteiger partial charge in [0.15, 0.2) is 0 Å². The Morgan fingerprint density at radius 3 is 1.89 bits per heavy atom. The third-order valence-corrected chi connectivity index (χ3v) is 6.09. The Hall–Kier alpha value is -1.13. The van der Waals surface area contributed by atoms with E-state index in [-0.39, 0.29) is 4.90 Å².